The van der Waals surface area contributed by atoms with Crippen molar-refractivity contribution in [2.45, 2.75) is 37.0 Å². The van der Waals surface area contributed by atoms with Crippen molar-refractivity contribution < 1.29 is 13.2 Å². The lowest BCUT2D eigenvalue weighted by Gasteiger charge is -2.33. The molecule has 1 saturated heterocycles. The molecule has 7 heteroatoms. The van der Waals surface area contributed by atoms with Gasteiger partial charge in [-0.05, 0) is 30.9 Å². The zero-order chi connectivity index (χ0) is 18.4. The molecule has 1 aromatic rings. The van der Waals surface area contributed by atoms with E-state index in [1.807, 2.05) is 11.0 Å². The van der Waals surface area contributed by atoms with Crippen LogP contribution in [-0.4, -0.2) is 62.8 Å². The van der Waals surface area contributed by atoms with E-state index in [2.05, 4.69) is 5.32 Å². The average Bonchev–Trinajstić information content (AvgIpc) is 2.68. The highest BCUT2D eigenvalue weighted by molar-refractivity contribution is 7.89. The van der Waals surface area contributed by atoms with E-state index >= 15 is 0 Å². The van der Waals surface area contributed by atoms with Gasteiger partial charge in [-0.3, -0.25) is 9.69 Å². The minimum Gasteiger partial charge on any atom is -0.355 e. The van der Waals surface area contributed by atoms with E-state index in [0.29, 0.717) is 43.5 Å². The van der Waals surface area contributed by atoms with Crippen molar-refractivity contribution >= 4 is 15.9 Å². The van der Waals surface area contributed by atoms with Gasteiger partial charge in [0.15, 0.2) is 0 Å². The number of carbonyl (C=O) groups excluding carboxylic acids is 1. The summed E-state index contributed by atoms with van der Waals surface area (Å²) in [5, 5.41) is 3.05. The van der Waals surface area contributed by atoms with E-state index in [1.54, 1.807) is 24.3 Å². The first kappa shape index (κ1) is 19.3. The van der Waals surface area contributed by atoms with Gasteiger partial charge in [0.2, 0.25) is 15.9 Å². The topological polar surface area (TPSA) is 69.7 Å². The number of benzene rings is 1. The van der Waals surface area contributed by atoms with Gasteiger partial charge in [0.05, 0.1) is 11.4 Å². The minimum atomic E-state index is -3.43. The van der Waals surface area contributed by atoms with Gasteiger partial charge in [-0.25, -0.2) is 8.42 Å². The second-order valence-electron chi connectivity index (χ2n) is 7.30. The maximum atomic E-state index is 12.6. The summed E-state index contributed by atoms with van der Waals surface area (Å²) in [5.41, 5.74) is 0. The number of piperazine rings is 1. The van der Waals surface area contributed by atoms with Gasteiger partial charge in [0.1, 0.15) is 0 Å². The van der Waals surface area contributed by atoms with Crippen LogP contribution < -0.4 is 5.32 Å². The molecule has 1 amide bonds. The summed E-state index contributed by atoms with van der Waals surface area (Å²) in [4.78, 5) is 14.5. The van der Waals surface area contributed by atoms with Crippen molar-refractivity contribution in [3.05, 3.63) is 30.3 Å². The fourth-order valence-corrected chi connectivity index (χ4v) is 5.22. The SMILES string of the molecule is O=C(CN1CCN(S(=O)(=O)c2ccccc2)CC1)NCC1CCCCC1. The molecule has 26 heavy (non-hydrogen) atoms. The van der Waals surface area contributed by atoms with E-state index in [1.165, 1.54) is 36.4 Å². The normalized spacial score (nSPS) is 20.8. The molecule has 1 aromatic carbocycles. The van der Waals surface area contributed by atoms with Crippen LogP contribution in [0.4, 0.5) is 0 Å². The summed E-state index contributed by atoms with van der Waals surface area (Å²) in [6, 6.07) is 8.53. The van der Waals surface area contributed by atoms with Gasteiger partial charge >= 0.3 is 0 Å². The number of hydrogen-bond donors (Lipinski definition) is 1. The second kappa shape index (κ2) is 8.97. The first-order chi connectivity index (χ1) is 12.6. The Labute approximate surface area is 156 Å². The predicted molar refractivity (Wildman–Crippen MR) is 101 cm³/mol. The molecule has 0 radical (unpaired) electrons. The molecular formula is C19H29N3O3S. The Bertz CT molecular complexity index is 679. The molecule has 6 nitrogen and oxygen atoms in total. The van der Waals surface area contributed by atoms with Crippen LogP contribution in [0.2, 0.25) is 0 Å². The third kappa shape index (κ3) is 5.05. The summed E-state index contributed by atoms with van der Waals surface area (Å²) in [5.74, 6) is 0.676. The van der Waals surface area contributed by atoms with Crippen LogP contribution >= 0.6 is 0 Å². The number of carbonyl (C=O) groups is 1. The van der Waals surface area contributed by atoms with Gasteiger partial charge < -0.3 is 5.32 Å². The summed E-state index contributed by atoms with van der Waals surface area (Å²) < 4.78 is 26.8. The fourth-order valence-electron chi connectivity index (χ4n) is 3.78. The van der Waals surface area contributed by atoms with Gasteiger partial charge in [-0.15, -0.1) is 0 Å². The monoisotopic (exact) mass is 379 g/mol. The zero-order valence-electron chi connectivity index (χ0n) is 15.3. The van der Waals surface area contributed by atoms with E-state index in [9.17, 15) is 13.2 Å². The highest BCUT2D eigenvalue weighted by Crippen LogP contribution is 2.22. The Morgan fingerprint density at radius 3 is 2.31 bits per heavy atom. The fraction of sp³-hybridized carbons (Fsp3) is 0.632. The largest absolute Gasteiger partial charge is 0.355 e. The number of rotatable bonds is 6. The number of nitrogens with one attached hydrogen (secondary N) is 1. The Hall–Kier alpha value is -1.44. The van der Waals surface area contributed by atoms with Crippen molar-refractivity contribution in [3.63, 3.8) is 0 Å². The van der Waals surface area contributed by atoms with Crippen molar-refractivity contribution in [2.24, 2.45) is 5.92 Å². The van der Waals surface area contributed by atoms with Crippen LogP contribution in [0.3, 0.4) is 0 Å². The lowest BCUT2D eigenvalue weighted by Crippen LogP contribution is -2.51. The average molecular weight is 380 g/mol. The van der Waals surface area contributed by atoms with Crippen LogP contribution in [-0.2, 0) is 14.8 Å². The highest BCUT2D eigenvalue weighted by Gasteiger charge is 2.28. The van der Waals surface area contributed by atoms with E-state index < -0.39 is 10.0 Å². The number of nitrogens with zero attached hydrogens (tertiary/aromatic N) is 2. The van der Waals surface area contributed by atoms with Crippen molar-refractivity contribution in [1.82, 2.24) is 14.5 Å². The highest BCUT2D eigenvalue weighted by atomic mass is 32.2. The molecule has 1 aliphatic heterocycles. The van der Waals surface area contributed by atoms with Gasteiger partial charge in [0, 0.05) is 32.7 Å². The first-order valence-electron chi connectivity index (χ1n) is 9.60. The third-order valence-corrected chi connectivity index (χ3v) is 7.30. The maximum Gasteiger partial charge on any atom is 0.243 e. The van der Waals surface area contributed by atoms with Crippen molar-refractivity contribution in [1.29, 1.82) is 0 Å². The molecule has 0 spiro atoms. The van der Waals surface area contributed by atoms with Gasteiger partial charge in [-0.1, -0.05) is 37.5 Å². The molecule has 0 unspecified atom stereocenters. The summed E-state index contributed by atoms with van der Waals surface area (Å²) in [6.07, 6.45) is 6.31. The summed E-state index contributed by atoms with van der Waals surface area (Å²) in [6.45, 7) is 3.15. The molecule has 3 rings (SSSR count). The minimum absolute atomic E-state index is 0.0509. The smallest absolute Gasteiger partial charge is 0.243 e. The Balaban J connectivity index is 1.42. The molecule has 1 aliphatic carbocycles. The lowest BCUT2D eigenvalue weighted by atomic mass is 9.89. The van der Waals surface area contributed by atoms with Crippen LogP contribution in [0.25, 0.3) is 0 Å². The molecule has 0 atom stereocenters. The molecule has 1 saturated carbocycles. The molecule has 1 N–H and O–H groups in total. The quantitative estimate of drug-likeness (QED) is 0.817. The number of sulfonamides is 1. The van der Waals surface area contributed by atoms with Crippen molar-refractivity contribution in [3.8, 4) is 0 Å². The molecule has 0 aromatic heterocycles. The third-order valence-electron chi connectivity index (χ3n) is 5.39. The summed E-state index contributed by atoms with van der Waals surface area (Å²) >= 11 is 0. The van der Waals surface area contributed by atoms with E-state index in [4.69, 9.17) is 0 Å². The molecule has 1 heterocycles. The van der Waals surface area contributed by atoms with Crippen molar-refractivity contribution in [2.75, 3.05) is 39.3 Å². The standard InChI is InChI=1S/C19H29N3O3S/c23-19(20-15-17-7-3-1-4-8-17)16-21-11-13-22(14-12-21)26(24,25)18-9-5-2-6-10-18/h2,5-6,9-10,17H,1,3-4,7-8,11-16H2,(H,20,23). The Morgan fingerprint density at radius 1 is 1.00 bits per heavy atom. The van der Waals surface area contributed by atoms with Gasteiger partial charge in [-0.2, -0.15) is 4.31 Å². The van der Waals surface area contributed by atoms with Crippen LogP contribution in [0.15, 0.2) is 35.2 Å². The zero-order valence-corrected chi connectivity index (χ0v) is 16.1. The second-order valence-corrected chi connectivity index (χ2v) is 9.24. The molecular weight excluding hydrogens is 350 g/mol. The van der Waals surface area contributed by atoms with Gasteiger partial charge in [0.25, 0.3) is 0 Å². The lowest BCUT2D eigenvalue weighted by molar-refractivity contribution is -0.122. The number of amides is 1. The maximum absolute atomic E-state index is 12.6. The summed E-state index contributed by atoms with van der Waals surface area (Å²) in [7, 11) is -3.43. The molecule has 144 valence electrons. The Kier molecular flexibility index (Phi) is 6.67. The van der Waals surface area contributed by atoms with E-state index in [0.717, 1.165) is 6.54 Å². The molecule has 0 bridgehead atoms. The molecule has 2 fully saturated rings. The van der Waals surface area contributed by atoms with E-state index in [-0.39, 0.29) is 5.91 Å². The first-order valence-corrected chi connectivity index (χ1v) is 11.0. The molecule has 2 aliphatic rings. The Morgan fingerprint density at radius 2 is 1.65 bits per heavy atom. The predicted octanol–water partition coefficient (Wildman–Crippen LogP) is 1.69. The van der Waals surface area contributed by atoms with Crippen LogP contribution in [0, 0.1) is 5.92 Å². The van der Waals surface area contributed by atoms with Crippen LogP contribution in [0.1, 0.15) is 32.1 Å². The number of hydrogen-bond acceptors (Lipinski definition) is 4. The van der Waals surface area contributed by atoms with Crippen LogP contribution in [0.5, 0.6) is 0 Å².